The Morgan fingerprint density at radius 3 is 3.04 bits per heavy atom. The van der Waals surface area contributed by atoms with Gasteiger partial charge in [-0.25, -0.2) is 0 Å². The lowest BCUT2D eigenvalue weighted by Crippen LogP contribution is -2.45. The molecule has 0 radical (unpaired) electrons. The fraction of sp³-hybridized carbons (Fsp3) is 0.353. The highest BCUT2D eigenvalue weighted by Gasteiger charge is 2.24. The number of benzene rings is 1. The van der Waals surface area contributed by atoms with Crippen LogP contribution in [0.25, 0.3) is 0 Å². The number of likely N-dealkylation sites (tertiary alicyclic amines) is 1. The normalized spacial score (nSPS) is 18.0. The van der Waals surface area contributed by atoms with E-state index in [9.17, 15) is 4.79 Å². The minimum absolute atomic E-state index is 0.0574. The molecule has 2 heterocycles. The van der Waals surface area contributed by atoms with Crippen molar-refractivity contribution < 1.29 is 13.9 Å². The lowest BCUT2D eigenvalue weighted by Gasteiger charge is -2.30. The quantitative estimate of drug-likeness (QED) is 0.886. The minimum atomic E-state index is -0.103. The molecule has 122 valence electrons. The molecule has 1 unspecified atom stereocenters. The van der Waals surface area contributed by atoms with Crippen molar-refractivity contribution in [2.24, 2.45) is 5.73 Å². The number of amides is 1. The number of piperidine rings is 1. The van der Waals surface area contributed by atoms with Crippen molar-refractivity contribution in [3.63, 3.8) is 0 Å². The zero-order chi connectivity index (χ0) is 16.2. The predicted molar refractivity (Wildman–Crippen MR) is 90.3 cm³/mol. The third-order valence-electron chi connectivity index (χ3n) is 3.79. The maximum absolute atomic E-state index is 12.4. The number of carbonyl (C=O) groups is 1. The Kier molecular flexibility index (Phi) is 5.03. The summed E-state index contributed by atoms with van der Waals surface area (Å²) in [5.74, 6) is 1.60. The van der Waals surface area contributed by atoms with Gasteiger partial charge in [-0.1, -0.05) is 22.0 Å². The second kappa shape index (κ2) is 7.19. The van der Waals surface area contributed by atoms with Gasteiger partial charge in [0.1, 0.15) is 18.1 Å². The number of hydrogen-bond donors (Lipinski definition) is 1. The Labute approximate surface area is 143 Å². The molecule has 1 amide bonds. The van der Waals surface area contributed by atoms with Gasteiger partial charge in [-0.3, -0.25) is 4.79 Å². The molecule has 1 saturated heterocycles. The first kappa shape index (κ1) is 16.1. The van der Waals surface area contributed by atoms with E-state index < -0.39 is 0 Å². The second-order valence-corrected chi connectivity index (χ2v) is 6.58. The third kappa shape index (κ3) is 4.14. The monoisotopic (exact) mass is 378 g/mol. The number of halogens is 1. The first-order valence-electron chi connectivity index (χ1n) is 7.64. The van der Waals surface area contributed by atoms with Gasteiger partial charge < -0.3 is 19.8 Å². The number of rotatable bonds is 4. The van der Waals surface area contributed by atoms with Crippen molar-refractivity contribution in [1.29, 1.82) is 0 Å². The van der Waals surface area contributed by atoms with E-state index in [1.165, 1.54) is 0 Å². The van der Waals surface area contributed by atoms with Gasteiger partial charge in [-0.05, 0) is 43.2 Å². The first-order chi connectivity index (χ1) is 11.1. The second-order valence-electron chi connectivity index (χ2n) is 5.67. The molecule has 23 heavy (non-hydrogen) atoms. The summed E-state index contributed by atoms with van der Waals surface area (Å²) in [7, 11) is 0. The average molecular weight is 379 g/mol. The van der Waals surface area contributed by atoms with Crippen LogP contribution in [0.15, 0.2) is 45.3 Å². The summed E-state index contributed by atoms with van der Waals surface area (Å²) in [6.45, 7) is 1.60. The van der Waals surface area contributed by atoms with Crippen LogP contribution in [0.4, 0.5) is 0 Å². The van der Waals surface area contributed by atoms with Crippen molar-refractivity contribution >= 4 is 21.8 Å². The van der Waals surface area contributed by atoms with Crippen molar-refractivity contribution in [2.75, 3.05) is 13.1 Å². The number of furan rings is 1. The fourth-order valence-corrected chi connectivity index (χ4v) is 3.01. The van der Waals surface area contributed by atoms with E-state index in [4.69, 9.17) is 14.9 Å². The Hall–Kier alpha value is -1.79. The summed E-state index contributed by atoms with van der Waals surface area (Å²) < 4.78 is 12.2. The molecule has 0 bridgehead atoms. The van der Waals surface area contributed by atoms with Gasteiger partial charge in [0.25, 0.3) is 5.91 Å². The minimum Gasteiger partial charge on any atom is -0.486 e. The van der Waals surface area contributed by atoms with E-state index in [-0.39, 0.29) is 18.6 Å². The SMILES string of the molecule is NC1CCCN(C(=O)c2ccc(COc3cccc(Br)c3)o2)C1. The van der Waals surface area contributed by atoms with Gasteiger partial charge in [-0.15, -0.1) is 0 Å². The van der Waals surface area contributed by atoms with E-state index in [1.54, 1.807) is 17.0 Å². The molecule has 0 saturated carbocycles. The summed E-state index contributed by atoms with van der Waals surface area (Å²) >= 11 is 3.40. The summed E-state index contributed by atoms with van der Waals surface area (Å²) in [6.07, 6.45) is 1.90. The van der Waals surface area contributed by atoms with Crippen LogP contribution in [0.1, 0.15) is 29.2 Å². The molecule has 1 aliphatic rings. The van der Waals surface area contributed by atoms with Crippen LogP contribution in [0, 0.1) is 0 Å². The summed E-state index contributed by atoms with van der Waals surface area (Å²) in [5, 5.41) is 0. The highest BCUT2D eigenvalue weighted by Crippen LogP contribution is 2.20. The number of nitrogens with two attached hydrogens (primary N) is 1. The zero-order valence-corrected chi connectivity index (χ0v) is 14.3. The highest BCUT2D eigenvalue weighted by atomic mass is 79.9. The number of ether oxygens (including phenoxy) is 1. The summed E-state index contributed by atoms with van der Waals surface area (Å²) in [4.78, 5) is 14.2. The fourth-order valence-electron chi connectivity index (χ4n) is 2.63. The van der Waals surface area contributed by atoms with Crippen molar-refractivity contribution in [3.05, 3.63) is 52.4 Å². The topological polar surface area (TPSA) is 68.7 Å². The van der Waals surface area contributed by atoms with Gasteiger partial charge in [-0.2, -0.15) is 0 Å². The van der Waals surface area contributed by atoms with Gasteiger partial charge >= 0.3 is 0 Å². The number of nitrogens with zero attached hydrogens (tertiary/aromatic N) is 1. The Morgan fingerprint density at radius 1 is 1.39 bits per heavy atom. The molecule has 0 aliphatic carbocycles. The van der Waals surface area contributed by atoms with Crippen molar-refractivity contribution in [3.8, 4) is 5.75 Å². The molecular weight excluding hydrogens is 360 g/mol. The van der Waals surface area contributed by atoms with Crippen LogP contribution in [0.3, 0.4) is 0 Å². The average Bonchev–Trinajstić information content (AvgIpc) is 3.01. The number of carbonyl (C=O) groups excluding carboxylic acids is 1. The van der Waals surface area contributed by atoms with Gasteiger partial charge in [0.2, 0.25) is 0 Å². The van der Waals surface area contributed by atoms with Crippen LogP contribution < -0.4 is 10.5 Å². The molecule has 2 aromatic rings. The maximum Gasteiger partial charge on any atom is 0.289 e. The summed E-state index contributed by atoms with van der Waals surface area (Å²) in [6, 6.07) is 11.1. The van der Waals surface area contributed by atoms with Crippen LogP contribution in [0.2, 0.25) is 0 Å². The van der Waals surface area contributed by atoms with Crippen molar-refractivity contribution in [1.82, 2.24) is 4.90 Å². The molecule has 1 aromatic heterocycles. The van der Waals surface area contributed by atoms with E-state index in [1.807, 2.05) is 24.3 Å². The standard InChI is InChI=1S/C17H19BrN2O3/c18-12-3-1-5-14(9-12)22-11-15-6-7-16(23-15)17(21)20-8-2-4-13(19)10-20/h1,3,5-7,9,13H,2,4,8,10-11,19H2. The molecule has 6 heteroatoms. The Bertz CT molecular complexity index is 686. The van der Waals surface area contributed by atoms with E-state index >= 15 is 0 Å². The lowest BCUT2D eigenvalue weighted by atomic mass is 10.1. The van der Waals surface area contributed by atoms with Gasteiger partial charge in [0, 0.05) is 23.6 Å². The van der Waals surface area contributed by atoms with E-state index in [2.05, 4.69) is 15.9 Å². The van der Waals surface area contributed by atoms with Crippen LogP contribution >= 0.6 is 15.9 Å². The lowest BCUT2D eigenvalue weighted by molar-refractivity contribution is 0.0672. The van der Waals surface area contributed by atoms with Crippen LogP contribution in [-0.4, -0.2) is 29.9 Å². The van der Waals surface area contributed by atoms with Crippen molar-refractivity contribution in [2.45, 2.75) is 25.5 Å². The molecule has 5 nitrogen and oxygen atoms in total. The third-order valence-corrected chi connectivity index (χ3v) is 4.29. The van der Waals surface area contributed by atoms with Crippen LogP contribution in [0.5, 0.6) is 5.75 Å². The van der Waals surface area contributed by atoms with Crippen LogP contribution in [-0.2, 0) is 6.61 Å². The molecule has 1 fully saturated rings. The predicted octanol–water partition coefficient (Wildman–Crippen LogP) is 3.18. The first-order valence-corrected chi connectivity index (χ1v) is 8.43. The number of hydrogen-bond acceptors (Lipinski definition) is 4. The molecule has 1 aliphatic heterocycles. The molecule has 1 aromatic carbocycles. The summed E-state index contributed by atoms with van der Waals surface area (Å²) in [5.41, 5.74) is 5.92. The Morgan fingerprint density at radius 2 is 2.26 bits per heavy atom. The van der Waals surface area contributed by atoms with Gasteiger partial charge in [0.15, 0.2) is 5.76 Å². The zero-order valence-electron chi connectivity index (χ0n) is 12.7. The molecule has 3 rings (SSSR count). The Balaban J connectivity index is 1.60. The van der Waals surface area contributed by atoms with Gasteiger partial charge in [0.05, 0.1) is 0 Å². The maximum atomic E-state index is 12.4. The van der Waals surface area contributed by atoms with E-state index in [0.717, 1.165) is 29.6 Å². The smallest absolute Gasteiger partial charge is 0.289 e. The molecule has 0 spiro atoms. The molecule has 2 N–H and O–H groups in total. The largest absolute Gasteiger partial charge is 0.486 e. The molecular formula is C17H19BrN2O3. The van der Waals surface area contributed by atoms with E-state index in [0.29, 0.717) is 18.1 Å². The highest BCUT2D eigenvalue weighted by molar-refractivity contribution is 9.10. The molecule has 1 atom stereocenters.